The minimum atomic E-state index is -1.10. The maximum Gasteiger partial charge on any atom is 0.421 e. The van der Waals surface area contributed by atoms with Crippen molar-refractivity contribution < 1.29 is 23.9 Å². The van der Waals surface area contributed by atoms with Crippen molar-refractivity contribution in [1.29, 1.82) is 0 Å². The lowest BCUT2D eigenvalue weighted by Crippen LogP contribution is -2.46. The topological polar surface area (TPSA) is 111 Å². The van der Waals surface area contributed by atoms with Crippen molar-refractivity contribution in [2.75, 3.05) is 16.3 Å². The Morgan fingerprint density at radius 2 is 1.65 bits per heavy atom. The van der Waals surface area contributed by atoms with Gasteiger partial charge in [-0.25, -0.2) is 19.5 Å². The summed E-state index contributed by atoms with van der Waals surface area (Å²) in [5, 5.41) is 0. The summed E-state index contributed by atoms with van der Waals surface area (Å²) >= 11 is 0. The van der Waals surface area contributed by atoms with E-state index in [0.29, 0.717) is 17.9 Å². The number of carbonyl (C=O) groups excluding carboxylic acids is 3. The Hall–Kier alpha value is -4.99. The minimum absolute atomic E-state index is 0.00252. The summed E-state index contributed by atoms with van der Waals surface area (Å²) < 4.78 is 12.3. The lowest BCUT2D eigenvalue weighted by molar-refractivity contribution is -0.121. The van der Waals surface area contributed by atoms with Gasteiger partial charge >= 0.3 is 12.2 Å². The van der Waals surface area contributed by atoms with Gasteiger partial charge < -0.3 is 9.47 Å². The van der Waals surface area contributed by atoms with Gasteiger partial charge in [-0.1, -0.05) is 60.7 Å². The van der Waals surface area contributed by atoms with E-state index in [4.69, 9.17) is 9.47 Å². The van der Waals surface area contributed by atoms with Crippen LogP contribution in [0.25, 0.3) is 0 Å². The molecule has 224 valence electrons. The average molecular weight is 585 g/mol. The molecule has 1 aromatic heterocycles. The van der Waals surface area contributed by atoms with E-state index in [1.54, 1.807) is 57.2 Å². The first-order valence-electron chi connectivity index (χ1n) is 14.0. The van der Waals surface area contributed by atoms with Gasteiger partial charge in [0, 0.05) is 12.5 Å². The van der Waals surface area contributed by atoms with E-state index in [1.165, 1.54) is 16.8 Å². The van der Waals surface area contributed by atoms with Crippen LogP contribution in [0.2, 0.25) is 0 Å². The predicted octanol–water partition coefficient (Wildman–Crippen LogP) is 6.15. The van der Waals surface area contributed by atoms with Crippen molar-refractivity contribution >= 4 is 29.5 Å². The number of ether oxygens (including phenoxy) is 2. The number of hydrogen-bond acceptors (Lipinski definition) is 7. The Morgan fingerprint density at radius 3 is 2.26 bits per heavy atom. The lowest BCUT2D eigenvalue weighted by Gasteiger charge is -2.28. The Morgan fingerprint density at radius 1 is 1.00 bits per heavy atom. The number of carbonyl (C=O) groups is 3. The highest BCUT2D eigenvalue weighted by Gasteiger charge is 2.43. The molecule has 0 N–H and O–H groups in total. The van der Waals surface area contributed by atoms with Gasteiger partial charge in [0.1, 0.15) is 29.8 Å². The maximum atomic E-state index is 14.2. The maximum absolute atomic E-state index is 14.2. The van der Waals surface area contributed by atoms with E-state index < -0.39 is 35.3 Å². The summed E-state index contributed by atoms with van der Waals surface area (Å²) in [6, 6.07) is 16.4. The molecule has 0 fully saturated rings. The molecule has 1 aliphatic rings. The van der Waals surface area contributed by atoms with Crippen LogP contribution in [0.15, 0.2) is 97.0 Å². The van der Waals surface area contributed by atoms with Crippen molar-refractivity contribution in [3.05, 3.63) is 114 Å². The molecule has 2 unspecified atom stereocenters. The van der Waals surface area contributed by atoms with E-state index in [-0.39, 0.29) is 31.2 Å². The number of para-hydroxylation sites is 1. The van der Waals surface area contributed by atoms with Crippen molar-refractivity contribution in [3.8, 4) is 0 Å². The summed E-state index contributed by atoms with van der Waals surface area (Å²) in [4.78, 5) is 61.5. The van der Waals surface area contributed by atoms with E-state index >= 15 is 0 Å². The zero-order valence-electron chi connectivity index (χ0n) is 24.6. The van der Waals surface area contributed by atoms with Gasteiger partial charge in [0.2, 0.25) is 0 Å². The summed E-state index contributed by atoms with van der Waals surface area (Å²) in [6.07, 6.45) is 3.47. The number of anilines is 2. The van der Waals surface area contributed by atoms with Crippen LogP contribution in [0.1, 0.15) is 57.0 Å². The van der Waals surface area contributed by atoms with Gasteiger partial charge in [0.05, 0.1) is 11.9 Å². The van der Waals surface area contributed by atoms with Gasteiger partial charge in [-0.15, -0.1) is 13.2 Å². The number of benzene rings is 2. The van der Waals surface area contributed by atoms with Crippen molar-refractivity contribution in [1.82, 2.24) is 9.55 Å². The Labute approximate surface area is 250 Å². The molecule has 10 nitrogen and oxygen atoms in total. The first-order chi connectivity index (χ1) is 20.6. The summed E-state index contributed by atoms with van der Waals surface area (Å²) in [7, 11) is 0. The SMILES string of the molecule is C=CCC1CC(C(=O)N(C(=O)OC(C)(C)C)c2ccccc2)n2c1ncc(N(CC=C)C(=O)OCc1ccccc1)c2=O. The zero-order valence-corrected chi connectivity index (χ0v) is 24.6. The Bertz CT molecular complexity index is 1550. The molecule has 3 aromatic rings. The molecule has 0 bridgehead atoms. The van der Waals surface area contributed by atoms with Crippen molar-refractivity contribution in [2.45, 2.75) is 57.8 Å². The first-order valence-corrected chi connectivity index (χ1v) is 14.0. The minimum Gasteiger partial charge on any atom is -0.444 e. The second-order valence-corrected chi connectivity index (χ2v) is 11.1. The molecule has 0 radical (unpaired) electrons. The molecule has 0 saturated carbocycles. The molecule has 2 aromatic carbocycles. The van der Waals surface area contributed by atoms with Crippen LogP contribution in [-0.4, -0.2) is 39.8 Å². The van der Waals surface area contributed by atoms with E-state index in [9.17, 15) is 19.2 Å². The van der Waals surface area contributed by atoms with Gasteiger partial charge in [-0.3, -0.25) is 19.1 Å². The van der Waals surface area contributed by atoms with Gasteiger partial charge in [0.15, 0.2) is 0 Å². The summed E-state index contributed by atoms with van der Waals surface area (Å²) in [5.74, 6) is -0.612. The van der Waals surface area contributed by atoms with Gasteiger partial charge in [-0.2, -0.15) is 0 Å². The van der Waals surface area contributed by atoms with Crippen molar-refractivity contribution in [2.24, 2.45) is 0 Å². The van der Waals surface area contributed by atoms with Gasteiger partial charge in [0.25, 0.3) is 11.5 Å². The lowest BCUT2D eigenvalue weighted by atomic mass is 9.99. The van der Waals surface area contributed by atoms with Crippen LogP contribution in [0, 0.1) is 0 Å². The van der Waals surface area contributed by atoms with E-state index in [0.717, 1.165) is 15.4 Å². The van der Waals surface area contributed by atoms with E-state index in [1.807, 2.05) is 30.3 Å². The number of aromatic nitrogens is 2. The molecule has 1 aliphatic heterocycles. The quantitative estimate of drug-likeness (QED) is 0.278. The van der Waals surface area contributed by atoms with Crippen LogP contribution in [0.5, 0.6) is 0 Å². The fraction of sp³-hybridized carbons (Fsp3) is 0.303. The molecular formula is C33H36N4O6. The third-order valence-electron chi connectivity index (χ3n) is 6.76. The largest absolute Gasteiger partial charge is 0.444 e. The fourth-order valence-electron chi connectivity index (χ4n) is 4.91. The molecule has 0 aliphatic carbocycles. The zero-order chi connectivity index (χ0) is 31.1. The number of fused-ring (bicyclic) bond motifs is 1. The summed E-state index contributed by atoms with van der Waals surface area (Å²) in [5.41, 5.74) is -0.502. The first kappa shape index (κ1) is 31.0. The van der Waals surface area contributed by atoms with Gasteiger partial charge in [-0.05, 0) is 51.3 Å². The van der Waals surface area contributed by atoms with Crippen LogP contribution in [0.3, 0.4) is 0 Å². The molecule has 4 rings (SSSR count). The number of imide groups is 1. The Kier molecular flexibility index (Phi) is 9.59. The second-order valence-electron chi connectivity index (χ2n) is 11.1. The normalized spacial score (nSPS) is 15.6. The third-order valence-corrected chi connectivity index (χ3v) is 6.76. The fourth-order valence-corrected chi connectivity index (χ4v) is 4.91. The molecule has 2 atom stereocenters. The number of amides is 3. The monoisotopic (exact) mass is 584 g/mol. The van der Waals surface area contributed by atoms with Crippen LogP contribution in [0.4, 0.5) is 21.0 Å². The summed E-state index contributed by atoms with van der Waals surface area (Å²) in [6.45, 7) is 12.6. The number of rotatable bonds is 9. The van der Waals surface area contributed by atoms with Crippen LogP contribution >= 0.6 is 0 Å². The molecule has 3 amide bonds. The number of nitrogens with zero attached hydrogens (tertiary/aromatic N) is 4. The molecule has 0 spiro atoms. The molecular weight excluding hydrogens is 548 g/mol. The second kappa shape index (κ2) is 13.3. The van der Waals surface area contributed by atoms with E-state index in [2.05, 4.69) is 18.1 Å². The molecule has 43 heavy (non-hydrogen) atoms. The standard InChI is InChI=1S/C33H36N4O6/c1-6-14-24-20-26(29(38)36(25-17-12-9-13-18-25)32(41)43-33(3,4)5)37-28(24)34-21-27(30(37)39)35(19-7-2)31(40)42-22-23-15-10-8-11-16-23/h6-13,15-18,21,24,26H,1-2,14,19-20,22H2,3-5H3. The highest BCUT2D eigenvalue weighted by molar-refractivity contribution is 6.13. The highest BCUT2D eigenvalue weighted by atomic mass is 16.6. The highest BCUT2D eigenvalue weighted by Crippen LogP contribution is 2.38. The average Bonchev–Trinajstić information content (AvgIpc) is 3.35. The molecule has 0 saturated heterocycles. The van der Waals surface area contributed by atoms with Crippen LogP contribution in [-0.2, 0) is 20.9 Å². The Balaban J connectivity index is 1.75. The predicted molar refractivity (Wildman–Crippen MR) is 164 cm³/mol. The number of hydrogen-bond donors (Lipinski definition) is 0. The van der Waals surface area contributed by atoms with Crippen LogP contribution < -0.4 is 15.4 Å². The molecule has 10 heteroatoms. The third kappa shape index (κ3) is 7.09. The van der Waals surface area contributed by atoms with Crippen molar-refractivity contribution in [3.63, 3.8) is 0 Å². The number of allylic oxidation sites excluding steroid dienone is 1. The molecule has 2 heterocycles. The smallest absolute Gasteiger partial charge is 0.421 e.